The molecule has 80 valence electrons. The maximum Gasteiger partial charge on any atom is 0.414 e. The first kappa shape index (κ1) is 12.6. The number of hydrogen-bond donors (Lipinski definition) is 1. The summed E-state index contributed by atoms with van der Waals surface area (Å²) in [6, 6.07) is 0. The average Bonchev–Trinajstić information content (AvgIpc) is 1.98. The van der Waals surface area contributed by atoms with E-state index in [0.717, 1.165) is 0 Å². The molecule has 0 amide bonds. The highest BCUT2D eigenvalue weighted by molar-refractivity contribution is 4.68. The van der Waals surface area contributed by atoms with E-state index in [1.54, 1.807) is 0 Å². The highest BCUT2D eigenvalue weighted by Crippen LogP contribution is 2.24. The second-order valence-corrected chi connectivity index (χ2v) is 2.55. The molecule has 0 aromatic rings. The quantitative estimate of drug-likeness (QED) is 0.710. The molecule has 13 heavy (non-hydrogen) atoms. The van der Waals surface area contributed by atoms with Crippen molar-refractivity contribution in [2.24, 2.45) is 5.73 Å². The standard InChI is InChI=1S/C6H10F5NO/c1-4(6(9,10)11)13-3-5(7,8)2-12/h4H,2-3,12H2,1H3. The summed E-state index contributed by atoms with van der Waals surface area (Å²) in [5, 5.41) is 0. The van der Waals surface area contributed by atoms with E-state index in [1.165, 1.54) is 0 Å². The summed E-state index contributed by atoms with van der Waals surface area (Å²) in [5.74, 6) is -3.40. The molecule has 0 aromatic heterocycles. The molecule has 0 aliphatic rings. The van der Waals surface area contributed by atoms with Gasteiger partial charge in [0.1, 0.15) is 6.61 Å². The Balaban J connectivity index is 3.90. The molecule has 0 aliphatic heterocycles. The van der Waals surface area contributed by atoms with Crippen LogP contribution in [0.3, 0.4) is 0 Å². The maximum atomic E-state index is 12.3. The second-order valence-electron chi connectivity index (χ2n) is 2.55. The predicted octanol–water partition coefficient (Wildman–Crippen LogP) is 1.55. The molecule has 2 N–H and O–H groups in total. The van der Waals surface area contributed by atoms with E-state index >= 15 is 0 Å². The van der Waals surface area contributed by atoms with Crippen molar-refractivity contribution < 1.29 is 26.7 Å². The van der Waals surface area contributed by atoms with E-state index in [2.05, 4.69) is 10.5 Å². The van der Waals surface area contributed by atoms with Crippen LogP contribution in [0, 0.1) is 0 Å². The number of nitrogens with two attached hydrogens (primary N) is 1. The topological polar surface area (TPSA) is 35.2 Å². The van der Waals surface area contributed by atoms with Crippen molar-refractivity contribution in [3.8, 4) is 0 Å². The Morgan fingerprint density at radius 2 is 1.69 bits per heavy atom. The summed E-state index contributed by atoms with van der Waals surface area (Å²) >= 11 is 0. The Morgan fingerprint density at radius 3 is 2.00 bits per heavy atom. The number of ether oxygens (including phenoxy) is 1. The van der Waals surface area contributed by atoms with Gasteiger partial charge in [0.2, 0.25) is 0 Å². The lowest BCUT2D eigenvalue weighted by Crippen LogP contribution is -2.38. The van der Waals surface area contributed by atoms with E-state index in [0.29, 0.717) is 6.92 Å². The van der Waals surface area contributed by atoms with Gasteiger partial charge < -0.3 is 10.5 Å². The first-order valence-electron chi connectivity index (χ1n) is 3.45. The van der Waals surface area contributed by atoms with Gasteiger partial charge in [0, 0.05) is 0 Å². The third kappa shape index (κ3) is 4.99. The lowest BCUT2D eigenvalue weighted by molar-refractivity contribution is -0.229. The molecule has 0 aliphatic carbocycles. The maximum absolute atomic E-state index is 12.3. The first-order valence-corrected chi connectivity index (χ1v) is 3.45. The van der Waals surface area contributed by atoms with Gasteiger partial charge in [0.25, 0.3) is 5.92 Å². The van der Waals surface area contributed by atoms with Crippen molar-refractivity contribution in [1.29, 1.82) is 0 Å². The van der Waals surface area contributed by atoms with Gasteiger partial charge in [-0.3, -0.25) is 0 Å². The van der Waals surface area contributed by atoms with E-state index in [9.17, 15) is 22.0 Å². The van der Waals surface area contributed by atoms with Crippen LogP contribution < -0.4 is 5.73 Å². The van der Waals surface area contributed by atoms with Crippen molar-refractivity contribution >= 4 is 0 Å². The van der Waals surface area contributed by atoms with Crippen LogP contribution in [0.5, 0.6) is 0 Å². The summed E-state index contributed by atoms with van der Waals surface area (Å²) in [6.45, 7) is -1.69. The van der Waals surface area contributed by atoms with Crippen LogP contribution in [-0.2, 0) is 4.74 Å². The van der Waals surface area contributed by atoms with Gasteiger partial charge in [-0.25, -0.2) is 8.78 Å². The largest absolute Gasteiger partial charge is 0.414 e. The molecule has 0 fully saturated rings. The van der Waals surface area contributed by atoms with Gasteiger partial charge in [0.05, 0.1) is 6.54 Å². The minimum atomic E-state index is -4.62. The fourth-order valence-corrected chi connectivity index (χ4v) is 0.400. The summed E-state index contributed by atoms with van der Waals surface area (Å²) < 4.78 is 63.7. The molecule has 0 saturated heterocycles. The van der Waals surface area contributed by atoms with Crippen LogP contribution in [-0.4, -0.2) is 31.4 Å². The Kier molecular flexibility index (Phi) is 4.05. The molecule has 0 rings (SSSR count). The minimum absolute atomic E-state index is 0.659. The zero-order chi connectivity index (χ0) is 10.7. The van der Waals surface area contributed by atoms with E-state index in [1.807, 2.05) is 0 Å². The van der Waals surface area contributed by atoms with Crippen molar-refractivity contribution in [2.75, 3.05) is 13.2 Å². The van der Waals surface area contributed by atoms with E-state index in [4.69, 9.17) is 0 Å². The van der Waals surface area contributed by atoms with Crippen LogP contribution >= 0.6 is 0 Å². The van der Waals surface area contributed by atoms with Crippen LogP contribution in [0.4, 0.5) is 22.0 Å². The molecule has 1 atom stereocenters. The van der Waals surface area contributed by atoms with Gasteiger partial charge in [-0.1, -0.05) is 0 Å². The Hall–Kier alpha value is -0.430. The average molecular weight is 207 g/mol. The normalized spacial score (nSPS) is 15.9. The van der Waals surface area contributed by atoms with Gasteiger partial charge in [-0.15, -0.1) is 0 Å². The molecule has 0 aromatic carbocycles. The molecule has 0 bridgehead atoms. The SMILES string of the molecule is CC(OCC(F)(F)CN)C(F)(F)F. The fourth-order valence-electron chi connectivity index (χ4n) is 0.400. The predicted molar refractivity (Wildman–Crippen MR) is 35.5 cm³/mol. The molecule has 7 heteroatoms. The number of hydrogen-bond acceptors (Lipinski definition) is 2. The molecular formula is C6H10F5NO. The van der Waals surface area contributed by atoms with Gasteiger partial charge in [-0.05, 0) is 6.92 Å². The van der Waals surface area contributed by atoms with E-state index < -0.39 is 31.4 Å². The smallest absolute Gasteiger partial charge is 0.363 e. The summed E-state index contributed by atoms with van der Waals surface area (Å²) in [7, 11) is 0. The minimum Gasteiger partial charge on any atom is -0.363 e. The Morgan fingerprint density at radius 1 is 1.23 bits per heavy atom. The lowest BCUT2D eigenvalue weighted by Gasteiger charge is -2.20. The van der Waals surface area contributed by atoms with Crippen LogP contribution in [0.15, 0.2) is 0 Å². The highest BCUT2D eigenvalue weighted by atomic mass is 19.4. The van der Waals surface area contributed by atoms with Crippen LogP contribution in [0.2, 0.25) is 0 Å². The van der Waals surface area contributed by atoms with Gasteiger partial charge in [0.15, 0.2) is 6.10 Å². The van der Waals surface area contributed by atoms with Crippen LogP contribution in [0.1, 0.15) is 6.92 Å². The molecule has 0 radical (unpaired) electrons. The lowest BCUT2D eigenvalue weighted by atomic mass is 10.3. The van der Waals surface area contributed by atoms with Crippen molar-refractivity contribution in [1.82, 2.24) is 0 Å². The first-order chi connectivity index (χ1) is 5.69. The second kappa shape index (κ2) is 4.19. The summed E-state index contributed by atoms with van der Waals surface area (Å²) in [4.78, 5) is 0. The van der Waals surface area contributed by atoms with Crippen molar-refractivity contribution in [2.45, 2.75) is 25.1 Å². The zero-order valence-corrected chi connectivity index (χ0v) is 6.87. The highest BCUT2D eigenvalue weighted by Gasteiger charge is 2.39. The Bertz CT molecular complexity index is 158. The van der Waals surface area contributed by atoms with Gasteiger partial charge >= 0.3 is 6.18 Å². The third-order valence-corrected chi connectivity index (χ3v) is 1.30. The summed E-state index contributed by atoms with van der Waals surface area (Å²) in [6.07, 6.45) is -6.82. The summed E-state index contributed by atoms with van der Waals surface area (Å²) in [5.41, 5.74) is 4.59. The van der Waals surface area contributed by atoms with E-state index in [-0.39, 0.29) is 0 Å². The Labute approximate surface area is 71.8 Å². The van der Waals surface area contributed by atoms with Crippen molar-refractivity contribution in [3.05, 3.63) is 0 Å². The molecular weight excluding hydrogens is 197 g/mol. The zero-order valence-electron chi connectivity index (χ0n) is 6.87. The molecule has 2 nitrogen and oxygen atoms in total. The number of rotatable bonds is 4. The third-order valence-electron chi connectivity index (χ3n) is 1.30. The molecule has 0 heterocycles. The number of halogens is 5. The number of alkyl halides is 5. The van der Waals surface area contributed by atoms with Crippen molar-refractivity contribution in [3.63, 3.8) is 0 Å². The van der Waals surface area contributed by atoms with Crippen LogP contribution in [0.25, 0.3) is 0 Å². The molecule has 0 spiro atoms. The van der Waals surface area contributed by atoms with Gasteiger partial charge in [-0.2, -0.15) is 13.2 Å². The molecule has 0 saturated carbocycles. The molecule has 1 unspecified atom stereocenters. The monoisotopic (exact) mass is 207 g/mol. The fraction of sp³-hybridized carbons (Fsp3) is 1.00.